The minimum Gasteiger partial charge on any atom is -0.342 e. The van der Waals surface area contributed by atoms with Crippen molar-refractivity contribution in [2.75, 3.05) is 13.1 Å². The molecule has 1 amide bonds. The zero-order chi connectivity index (χ0) is 14.7. The number of hydrogen-bond donors (Lipinski definition) is 0. The summed E-state index contributed by atoms with van der Waals surface area (Å²) in [7, 11) is 0. The number of likely N-dealkylation sites (tertiary alicyclic amines) is 1. The molecule has 0 aromatic heterocycles. The van der Waals surface area contributed by atoms with Gasteiger partial charge in [0.25, 0.3) is 0 Å². The first kappa shape index (κ1) is 15.9. The van der Waals surface area contributed by atoms with Gasteiger partial charge in [-0.25, -0.2) is 0 Å². The standard InChI is InChI=1S/C15H18Cl3NO/c1-10(16)12-4-6-19(7-5-12)15(20)9-11-2-3-13(17)14(18)8-11/h2-3,8,10,12H,4-7,9H2,1H3. The van der Waals surface area contributed by atoms with E-state index in [1.807, 2.05) is 17.9 Å². The normalized spacial score (nSPS) is 18.1. The summed E-state index contributed by atoms with van der Waals surface area (Å²) in [5.41, 5.74) is 0.900. The van der Waals surface area contributed by atoms with Gasteiger partial charge in [0.05, 0.1) is 16.5 Å². The third-order valence-corrected chi connectivity index (χ3v) is 4.98. The van der Waals surface area contributed by atoms with E-state index in [-0.39, 0.29) is 11.3 Å². The summed E-state index contributed by atoms with van der Waals surface area (Å²) >= 11 is 18.0. The molecule has 2 rings (SSSR count). The van der Waals surface area contributed by atoms with E-state index in [9.17, 15) is 4.79 Å². The van der Waals surface area contributed by atoms with Crippen molar-refractivity contribution in [2.45, 2.75) is 31.6 Å². The highest BCUT2D eigenvalue weighted by Gasteiger charge is 2.25. The quantitative estimate of drug-likeness (QED) is 0.750. The van der Waals surface area contributed by atoms with Crippen LogP contribution >= 0.6 is 34.8 Å². The molecule has 1 aliphatic rings. The molecule has 0 bridgehead atoms. The van der Waals surface area contributed by atoms with Crippen molar-refractivity contribution < 1.29 is 4.79 Å². The number of amides is 1. The van der Waals surface area contributed by atoms with E-state index in [1.54, 1.807) is 12.1 Å². The number of carbonyl (C=O) groups excluding carboxylic acids is 1. The number of alkyl halides is 1. The number of rotatable bonds is 3. The number of hydrogen-bond acceptors (Lipinski definition) is 1. The molecule has 1 atom stereocenters. The van der Waals surface area contributed by atoms with Crippen LogP contribution in [0, 0.1) is 5.92 Å². The molecule has 1 heterocycles. The molecule has 0 spiro atoms. The molecule has 0 saturated carbocycles. The summed E-state index contributed by atoms with van der Waals surface area (Å²) in [6, 6.07) is 5.34. The first-order chi connectivity index (χ1) is 9.47. The average Bonchev–Trinajstić information content (AvgIpc) is 2.43. The lowest BCUT2D eigenvalue weighted by Gasteiger charge is -2.33. The fraction of sp³-hybridized carbons (Fsp3) is 0.533. The molecule has 1 saturated heterocycles. The maximum Gasteiger partial charge on any atom is 0.226 e. The lowest BCUT2D eigenvalue weighted by atomic mass is 9.93. The Bertz CT molecular complexity index is 482. The van der Waals surface area contributed by atoms with E-state index in [0.717, 1.165) is 31.5 Å². The van der Waals surface area contributed by atoms with Crippen molar-refractivity contribution in [3.05, 3.63) is 33.8 Å². The molecule has 1 fully saturated rings. The maximum absolute atomic E-state index is 12.3. The molecule has 1 aromatic rings. The average molecular weight is 335 g/mol. The Morgan fingerprint density at radius 2 is 1.95 bits per heavy atom. The largest absolute Gasteiger partial charge is 0.342 e. The number of benzene rings is 1. The van der Waals surface area contributed by atoms with Gasteiger partial charge in [-0.1, -0.05) is 29.3 Å². The molecule has 20 heavy (non-hydrogen) atoms. The SMILES string of the molecule is CC(Cl)C1CCN(C(=O)Cc2ccc(Cl)c(Cl)c2)CC1. The molecular formula is C15H18Cl3NO. The molecule has 1 aromatic carbocycles. The van der Waals surface area contributed by atoms with Gasteiger partial charge >= 0.3 is 0 Å². The fourth-order valence-corrected chi connectivity index (χ4v) is 3.12. The molecule has 0 aliphatic carbocycles. The number of piperidine rings is 1. The highest BCUT2D eigenvalue weighted by molar-refractivity contribution is 6.42. The molecular weight excluding hydrogens is 317 g/mol. The van der Waals surface area contributed by atoms with Crippen LogP contribution in [0.5, 0.6) is 0 Å². The van der Waals surface area contributed by atoms with E-state index in [0.29, 0.717) is 22.4 Å². The predicted molar refractivity (Wildman–Crippen MR) is 84.8 cm³/mol. The smallest absolute Gasteiger partial charge is 0.226 e. The van der Waals surface area contributed by atoms with Gasteiger partial charge in [0, 0.05) is 18.5 Å². The van der Waals surface area contributed by atoms with Gasteiger partial charge in [-0.2, -0.15) is 0 Å². The van der Waals surface area contributed by atoms with Crippen molar-refractivity contribution in [2.24, 2.45) is 5.92 Å². The molecule has 1 aliphatic heterocycles. The van der Waals surface area contributed by atoms with E-state index in [2.05, 4.69) is 0 Å². The summed E-state index contributed by atoms with van der Waals surface area (Å²) < 4.78 is 0. The Labute approximate surface area is 135 Å². The van der Waals surface area contributed by atoms with Crippen LogP contribution in [-0.4, -0.2) is 29.3 Å². The summed E-state index contributed by atoms with van der Waals surface area (Å²) in [4.78, 5) is 14.2. The van der Waals surface area contributed by atoms with E-state index < -0.39 is 0 Å². The van der Waals surface area contributed by atoms with Crippen LogP contribution in [0.25, 0.3) is 0 Å². The van der Waals surface area contributed by atoms with Crippen molar-refractivity contribution >= 4 is 40.7 Å². The molecule has 5 heteroatoms. The predicted octanol–water partition coefficient (Wildman–Crippen LogP) is 4.40. The van der Waals surface area contributed by atoms with Crippen LogP contribution in [0.4, 0.5) is 0 Å². The Morgan fingerprint density at radius 1 is 1.30 bits per heavy atom. The number of halogens is 3. The number of nitrogens with zero attached hydrogens (tertiary/aromatic N) is 1. The van der Waals surface area contributed by atoms with E-state index in [1.165, 1.54) is 0 Å². The summed E-state index contributed by atoms with van der Waals surface area (Å²) in [6.07, 6.45) is 2.34. The van der Waals surface area contributed by atoms with Gasteiger partial charge in [-0.15, -0.1) is 11.6 Å². The first-order valence-corrected chi connectivity index (χ1v) is 8.02. The third-order valence-electron chi connectivity index (χ3n) is 3.88. The zero-order valence-electron chi connectivity index (χ0n) is 11.4. The van der Waals surface area contributed by atoms with Gasteiger partial charge < -0.3 is 4.90 Å². The Balaban J connectivity index is 1.91. The topological polar surface area (TPSA) is 20.3 Å². The highest BCUT2D eigenvalue weighted by Crippen LogP contribution is 2.25. The lowest BCUT2D eigenvalue weighted by Crippen LogP contribution is -2.40. The molecule has 2 nitrogen and oxygen atoms in total. The van der Waals surface area contributed by atoms with Crippen LogP contribution in [0.3, 0.4) is 0 Å². The third kappa shape index (κ3) is 4.03. The molecule has 0 N–H and O–H groups in total. The van der Waals surface area contributed by atoms with Crippen LogP contribution in [0.1, 0.15) is 25.3 Å². The summed E-state index contributed by atoms with van der Waals surface area (Å²) in [6.45, 7) is 3.61. The Hall–Kier alpha value is -0.440. The Morgan fingerprint density at radius 3 is 2.50 bits per heavy atom. The van der Waals surface area contributed by atoms with Gasteiger partial charge in [0.15, 0.2) is 0 Å². The molecule has 0 radical (unpaired) electrons. The van der Waals surface area contributed by atoms with Crippen LogP contribution < -0.4 is 0 Å². The van der Waals surface area contributed by atoms with Crippen molar-refractivity contribution in [1.82, 2.24) is 4.90 Å². The van der Waals surface area contributed by atoms with Gasteiger partial charge in [-0.3, -0.25) is 4.79 Å². The number of carbonyl (C=O) groups is 1. The first-order valence-electron chi connectivity index (χ1n) is 6.83. The van der Waals surface area contributed by atoms with E-state index in [4.69, 9.17) is 34.8 Å². The van der Waals surface area contributed by atoms with E-state index >= 15 is 0 Å². The van der Waals surface area contributed by atoms with Crippen molar-refractivity contribution in [3.8, 4) is 0 Å². The monoisotopic (exact) mass is 333 g/mol. The highest BCUT2D eigenvalue weighted by atomic mass is 35.5. The second-order valence-corrected chi connectivity index (χ2v) is 6.82. The molecule has 110 valence electrons. The van der Waals surface area contributed by atoms with Gasteiger partial charge in [-0.05, 0) is 43.4 Å². The van der Waals surface area contributed by atoms with Crippen molar-refractivity contribution in [1.29, 1.82) is 0 Å². The Kier molecular flexibility index (Phi) is 5.59. The zero-order valence-corrected chi connectivity index (χ0v) is 13.7. The minimum atomic E-state index is 0.143. The summed E-state index contributed by atoms with van der Waals surface area (Å²) in [5, 5.41) is 1.19. The van der Waals surface area contributed by atoms with Crippen LogP contribution in [0.2, 0.25) is 10.0 Å². The van der Waals surface area contributed by atoms with Crippen LogP contribution in [0.15, 0.2) is 18.2 Å². The maximum atomic E-state index is 12.3. The fourth-order valence-electron chi connectivity index (χ4n) is 2.54. The molecule has 1 unspecified atom stereocenters. The second kappa shape index (κ2) is 7.02. The minimum absolute atomic E-state index is 0.143. The van der Waals surface area contributed by atoms with Crippen molar-refractivity contribution in [3.63, 3.8) is 0 Å². The van der Waals surface area contributed by atoms with Crippen LogP contribution in [-0.2, 0) is 11.2 Å². The second-order valence-electron chi connectivity index (χ2n) is 5.32. The van der Waals surface area contributed by atoms with Gasteiger partial charge in [0.1, 0.15) is 0 Å². The van der Waals surface area contributed by atoms with Gasteiger partial charge in [0.2, 0.25) is 5.91 Å². The lowest BCUT2D eigenvalue weighted by molar-refractivity contribution is -0.131. The summed E-state index contributed by atoms with van der Waals surface area (Å²) in [5.74, 6) is 0.662.